The third-order valence-corrected chi connectivity index (χ3v) is 3.65. The molecule has 0 saturated carbocycles. The maximum absolute atomic E-state index is 12.0. The van der Waals surface area contributed by atoms with Crippen LogP contribution in [0.1, 0.15) is 33.0 Å². The summed E-state index contributed by atoms with van der Waals surface area (Å²) in [4.78, 5) is 14.0. The van der Waals surface area contributed by atoms with Gasteiger partial charge < -0.3 is 4.74 Å². The topological polar surface area (TPSA) is 26.3 Å². The number of Topliss-reactive ketones (excluding diaryl/α,β-unsaturated/α-hetero) is 1. The van der Waals surface area contributed by atoms with Crippen molar-refractivity contribution in [1.82, 2.24) is 0 Å². The highest BCUT2D eigenvalue weighted by Gasteiger charge is 2.26. The fourth-order valence-electron chi connectivity index (χ4n) is 1.82. The number of ketones is 1. The molecule has 76 valence electrons. The molecule has 2 nitrogen and oxygen atoms in total. The lowest BCUT2D eigenvalue weighted by Crippen LogP contribution is -2.18. The molecule has 0 aromatic carbocycles. The number of hydrogen-bond donors (Lipinski definition) is 0. The SMILES string of the molecule is Cc1cc(C)c(C(=O)C2CCCO2)s1. The van der Waals surface area contributed by atoms with Crippen LogP contribution >= 0.6 is 11.3 Å². The molecule has 0 bridgehead atoms. The van der Waals surface area contributed by atoms with E-state index >= 15 is 0 Å². The predicted molar refractivity (Wildman–Crippen MR) is 57.1 cm³/mol. The summed E-state index contributed by atoms with van der Waals surface area (Å²) < 4.78 is 5.39. The first-order valence-electron chi connectivity index (χ1n) is 4.91. The Morgan fingerprint density at radius 2 is 2.36 bits per heavy atom. The summed E-state index contributed by atoms with van der Waals surface area (Å²) in [7, 11) is 0. The molecule has 1 aromatic rings. The van der Waals surface area contributed by atoms with Gasteiger partial charge in [0.25, 0.3) is 0 Å². The van der Waals surface area contributed by atoms with E-state index < -0.39 is 0 Å². The van der Waals surface area contributed by atoms with Crippen LogP contribution in [-0.4, -0.2) is 18.5 Å². The van der Waals surface area contributed by atoms with Crippen molar-refractivity contribution in [2.24, 2.45) is 0 Å². The Labute approximate surface area is 87.9 Å². The lowest BCUT2D eigenvalue weighted by molar-refractivity contribution is 0.0646. The predicted octanol–water partition coefficient (Wildman–Crippen LogP) is 2.73. The molecule has 0 spiro atoms. The fourth-order valence-corrected chi connectivity index (χ4v) is 2.83. The number of ether oxygens (including phenoxy) is 1. The quantitative estimate of drug-likeness (QED) is 0.701. The van der Waals surface area contributed by atoms with Gasteiger partial charge in [-0.3, -0.25) is 4.79 Å². The van der Waals surface area contributed by atoms with Crippen LogP contribution in [0.5, 0.6) is 0 Å². The van der Waals surface area contributed by atoms with Crippen LogP contribution in [0.4, 0.5) is 0 Å². The van der Waals surface area contributed by atoms with E-state index in [1.807, 2.05) is 13.8 Å². The highest BCUT2D eigenvalue weighted by atomic mass is 32.1. The molecule has 1 fully saturated rings. The lowest BCUT2D eigenvalue weighted by atomic mass is 10.1. The van der Waals surface area contributed by atoms with Gasteiger partial charge in [0.2, 0.25) is 5.78 Å². The zero-order chi connectivity index (χ0) is 10.1. The average Bonchev–Trinajstić information content (AvgIpc) is 2.73. The Kier molecular flexibility index (Phi) is 2.70. The van der Waals surface area contributed by atoms with Gasteiger partial charge >= 0.3 is 0 Å². The second kappa shape index (κ2) is 3.83. The van der Waals surface area contributed by atoms with Crippen molar-refractivity contribution in [2.45, 2.75) is 32.8 Å². The molecule has 1 aliphatic heterocycles. The summed E-state index contributed by atoms with van der Waals surface area (Å²) in [6.45, 7) is 4.76. The molecular weight excluding hydrogens is 196 g/mol. The first-order valence-corrected chi connectivity index (χ1v) is 5.73. The third kappa shape index (κ3) is 1.74. The minimum Gasteiger partial charge on any atom is -0.370 e. The number of carbonyl (C=O) groups excluding carboxylic acids is 1. The summed E-state index contributed by atoms with van der Waals surface area (Å²) in [6.07, 6.45) is 1.72. The Balaban J connectivity index is 2.21. The smallest absolute Gasteiger partial charge is 0.201 e. The summed E-state index contributed by atoms with van der Waals surface area (Å²) in [5, 5.41) is 0. The van der Waals surface area contributed by atoms with Crippen LogP contribution < -0.4 is 0 Å². The Morgan fingerprint density at radius 3 is 2.86 bits per heavy atom. The Morgan fingerprint density at radius 1 is 1.57 bits per heavy atom. The molecule has 3 heteroatoms. The second-order valence-corrected chi connectivity index (χ2v) is 4.99. The maximum Gasteiger partial charge on any atom is 0.201 e. The summed E-state index contributed by atoms with van der Waals surface area (Å²) in [5.74, 6) is 0.179. The van der Waals surface area contributed by atoms with Gasteiger partial charge in [-0.25, -0.2) is 0 Å². The standard InChI is InChI=1S/C11H14O2S/c1-7-6-8(2)14-11(7)10(12)9-4-3-5-13-9/h6,9H,3-5H2,1-2H3. The molecule has 1 atom stereocenters. The van der Waals surface area contributed by atoms with Crippen LogP contribution in [0.3, 0.4) is 0 Å². The van der Waals surface area contributed by atoms with Crippen LogP contribution in [0.2, 0.25) is 0 Å². The monoisotopic (exact) mass is 210 g/mol. The molecule has 1 aromatic heterocycles. The summed E-state index contributed by atoms with van der Waals surface area (Å²) in [5.41, 5.74) is 1.09. The largest absolute Gasteiger partial charge is 0.370 e. The normalized spacial score (nSPS) is 21.4. The van der Waals surface area contributed by atoms with E-state index in [1.165, 1.54) is 4.88 Å². The van der Waals surface area contributed by atoms with Gasteiger partial charge in [0.15, 0.2) is 0 Å². The van der Waals surface area contributed by atoms with Gasteiger partial charge in [-0.2, -0.15) is 0 Å². The fraction of sp³-hybridized carbons (Fsp3) is 0.545. The Hall–Kier alpha value is -0.670. The first-order chi connectivity index (χ1) is 6.68. The zero-order valence-corrected chi connectivity index (χ0v) is 9.32. The number of hydrogen-bond acceptors (Lipinski definition) is 3. The van der Waals surface area contributed by atoms with Crippen molar-refractivity contribution >= 4 is 17.1 Å². The highest BCUT2D eigenvalue weighted by molar-refractivity contribution is 7.14. The van der Waals surface area contributed by atoms with E-state index in [-0.39, 0.29) is 11.9 Å². The van der Waals surface area contributed by atoms with Crippen LogP contribution in [0.15, 0.2) is 6.07 Å². The zero-order valence-electron chi connectivity index (χ0n) is 8.50. The molecule has 2 rings (SSSR count). The summed E-state index contributed by atoms with van der Waals surface area (Å²) >= 11 is 1.58. The molecule has 0 radical (unpaired) electrons. The molecule has 0 amide bonds. The molecule has 0 N–H and O–H groups in total. The first kappa shape index (κ1) is 9.87. The minimum atomic E-state index is -0.174. The number of thiophene rings is 1. The van der Waals surface area contributed by atoms with Crippen molar-refractivity contribution in [2.75, 3.05) is 6.61 Å². The molecule has 1 aliphatic rings. The average molecular weight is 210 g/mol. The van der Waals surface area contributed by atoms with Gasteiger partial charge in [0.05, 0.1) is 4.88 Å². The van der Waals surface area contributed by atoms with Gasteiger partial charge in [0.1, 0.15) is 6.10 Å². The van der Waals surface area contributed by atoms with Gasteiger partial charge in [-0.1, -0.05) is 0 Å². The number of rotatable bonds is 2. The molecule has 1 unspecified atom stereocenters. The maximum atomic E-state index is 12.0. The number of carbonyl (C=O) groups is 1. The Bertz CT molecular complexity index is 348. The van der Waals surface area contributed by atoms with Crippen LogP contribution in [0.25, 0.3) is 0 Å². The molecule has 2 heterocycles. The van der Waals surface area contributed by atoms with E-state index in [1.54, 1.807) is 11.3 Å². The second-order valence-electron chi connectivity index (χ2n) is 3.74. The molecular formula is C11H14O2S. The van der Waals surface area contributed by atoms with E-state index in [9.17, 15) is 4.79 Å². The van der Waals surface area contributed by atoms with Crippen molar-refractivity contribution in [1.29, 1.82) is 0 Å². The van der Waals surface area contributed by atoms with E-state index in [0.717, 1.165) is 29.9 Å². The van der Waals surface area contributed by atoms with Gasteiger partial charge in [-0.15, -0.1) is 11.3 Å². The van der Waals surface area contributed by atoms with Crippen molar-refractivity contribution in [3.05, 3.63) is 21.4 Å². The van der Waals surface area contributed by atoms with E-state index in [2.05, 4.69) is 6.07 Å². The molecule has 0 aliphatic carbocycles. The van der Waals surface area contributed by atoms with Crippen molar-refractivity contribution in [3.63, 3.8) is 0 Å². The van der Waals surface area contributed by atoms with Crippen LogP contribution in [0, 0.1) is 13.8 Å². The molecule has 14 heavy (non-hydrogen) atoms. The number of aryl methyl sites for hydroxylation is 2. The van der Waals surface area contributed by atoms with Crippen molar-refractivity contribution < 1.29 is 9.53 Å². The van der Waals surface area contributed by atoms with E-state index in [0.29, 0.717) is 0 Å². The van der Waals surface area contributed by atoms with Crippen molar-refractivity contribution in [3.8, 4) is 0 Å². The summed E-state index contributed by atoms with van der Waals surface area (Å²) in [6, 6.07) is 2.06. The van der Waals surface area contributed by atoms with Crippen LogP contribution in [-0.2, 0) is 4.74 Å². The van der Waals surface area contributed by atoms with Gasteiger partial charge in [-0.05, 0) is 38.3 Å². The minimum absolute atomic E-state index is 0.174. The molecule has 1 saturated heterocycles. The van der Waals surface area contributed by atoms with Gasteiger partial charge in [0, 0.05) is 11.5 Å². The van der Waals surface area contributed by atoms with E-state index in [4.69, 9.17) is 4.74 Å². The lowest BCUT2D eigenvalue weighted by Gasteiger charge is -2.06. The third-order valence-electron chi connectivity index (χ3n) is 2.49. The highest BCUT2D eigenvalue weighted by Crippen LogP contribution is 2.26.